The summed E-state index contributed by atoms with van der Waals surface area (Å²) >= 11 is 0. The highest BCUT2D eigenvalue weighted by Crippen LogP contribution is 2.42. The van der Waals surface area contributed by atoms with Crippen LogP contribution < -0.4 is 16.1 Å². The predicted octanol–water partition coefficient (Wildman–Crippen LogP) is 3.10. The van der Waals surface area contributed by atoms with E-state index in [1.807, 2.05) is 19.1 Å². The molecule has 4 heterocycles. The lowest BCUT2D eigenvalue weighted by Crippen LogP contribution is -2.43. The standard InChI is InChI=1S/C22H23N7O2/c1-14-11-18(27-17-12-16(24-13-25-17)26-15-5-9-23-10-6-15)29(31)20-19(14)21(30)28-22(20)7-3-2-4-8-22/h5-6,9-13,31H,2-4,7-8H2,1H3,(H,28,30)(H,23,24,25,26). The number of fused-ring (bicyclic) bond motifs is 2. The van der Waals surface area contributed by atoms with Gasteiger partial charge in [-0.15, -0.1) is 0 Å². The molecule has 0 atom stereocenters. The van der Waals surface area contributed by atoms with E-state index in [0.29, 0.717) is 28.4 Å². The number of carbonyl (C=O) groups excluding carboxylic acids is 1. The van der Waals surface area contributed by atoms with Gasteiger partial charge in [-0.25, -0.2) is 15.0 Å². The molecule has 1 spiro atoms. The molecule has 1 saturated carbocycles. The highest BCUT2D eigenvalue weighted by Gasteiger charge is 2.47. The minimum Gasteiger partial charge on any atom is -0.427 e. The van der Waals surface area contributed by atoms with Crippen molar-refractivity contribution in [2.24, 2.45) is 4.99 Å². The molecule has 158 valence electrons. The van der Waals surface area contributed by atoms with Crippen LogP contribution in [0.1, 0.15) is 53.7 Å². The lowest BCUT2D eigenvalue weighted by atomic mass is 9.79. The van der Waals surface area contributed by atoms with Crippen LogP contribution in [-0.4, -0.2) is 30.8 Å². The molecule has 0 radical (unpaired) electrons. The van der Waals surface area contributed by atoms with E-state index in [2.05, 4.69) is 30.6 Å². The fourth-order valence-corrected chi connectivity index (χ4v) is 4.58. The number of hydrogen-bond donors (Lipinski definition) is 3. The summed E-state index contributed by atoms with van der Waals surface area (Å²) in [5.74, 6) is 0.834. The molecule has 3 N–H and O–H groups in total. The second kappa shape index (κ2) is 7.50. The summed E-state index contributed by atoms with van der Waals surface area (Å²) in [7, 11) is 0. The molecule has 0 bridgehead atoms. The molecule has 0 aromatic carbocycles. The van der Waals surface area contributed by atoms with Crippen molar-refractivity contribution in [1.29, 1.82) is 0 Å². The first-order valence-electron chi connectivity index (χ1n) is 10.4. The fraction of sp³-hybridized carbons (Fsp3) is 0.318. The molecule has 1 aliphatic heterocycles. The molecule has 9 nitrogen and oxygen atoms in total. The molecule has 5 rings (SSSR count). The fourth-order valence-electron chi connectivity index (χ4n) is 4.58. The molecule has 3 aromatic heterocycles. The first kappa shape index (κ1) is 19.2. The average Bonchev–Trinajstić information content (AvgIpc) is 3.05. The van der Waals surface area contributed by atoms with Gasteiger partial charge in [-0.1, -0.05) is 19.3 Å². The van der Waals surface area contributed by atoms with Gasteiger partial charge in [0.05, 0.1) is 16.8 Å². The molecule has 0 unspecified atom stereocenters. The predicted molar refractivity (Wildman–Crippen MR) is 113 cm³/mol. The van der Waals surface area contributed by atoms with E-state index in [1.165, 1.54) is 6.33 Å². The molecular formula is C22H23N7O2. The number of pyridine rings is 2. The van der Waals surface area contributed by atoms with Crippen molar-refractivity contribution in [1.82, 2.24) is 25.0 Å². The maximum absolute atomic E-state index is 12.7. The topological polar surface area (TPSA) is 117 Å². The molecular weight excluding hydrogens is 394 g/mol. The lowest BCUT2D eigenvalue weighted by molar-refractivity contribution is 0.0892. The summed E-state index contributed by atoms with van der Waals surface area (Å²) in [5.41, 5.74) is 2.57. The van der Waals surface area contributed by atoms with Gasteiger partial charge in [0, 0.05) is 24.1 Å². The van der Waals surface area contributed by atoms with Crippen molar-refractivity contribution in [2.45, 2.75) is 44.6 Å². The second-order valence-electron chi connectivity index (χ2n) is 8.05. The highest BCUT2D eigenvalue weighted by molar-refractivity contribution is 6.00. The zero-order valence-electron chi connectivity index (χ0n) is 17.2. The Morgan fingerprint density at radius 2 is 1.94 bits per heavy atom. The largest absolute Gasteiger partial charge is 0.427 e. The van der Waals surface area contributed by atoms with E-state index >= 15 is 0 Å². The number of amides is 1. The number of rotatable bonds is 3. The van der Waals surface area contributed by atoms with Gasteiger partial charge in [-0.3, -0.25) is 9.78 Å². The van der Waals surface area contributed by atoms with Gasteiger partial charge in [0.15, 0.2) is 11.3 Å². The smallest absolute Gasteiger partial charge is 0.254 e. The van der Waals surface area contributed by atoms with Gasteiger partial charge >= 0.3 is 0 Å². The minimum atomic E-state index is -0.532. The van der Waals surface area contributed by atoms with Gasteiger partial charge in [0.2, 0.25) is 0 Å². The monoisotopic (exact) mass is 417 g/mol. The van der Waals surface area contributed by atoms with Crippen molar-refractivity contribution >= 4 is 23.2 Å². The van der Waals surface area contributed by atoms with Crippen LogP contribution in [0.5, 0.6) is 0 Å². The lowest BCUT2D eigenvalue weighted by Gasteiger charge is -2.34. The van der Waals surface area contributed by atoms with E-state index in [0.717, 1.165) is 48.1 Å². The summed E-state index contributed by atoms with van der Waals surface area (Å²) in [6, 6.07) is 7.07. The zero-order valence-corrected chi connectivity index (χ0v) is 17.2. The first-order valence-corrected chi connectivity index (χ1v) is 10.4. The number of nitrogens with zero attached hydrogens (tertiary/aromatic N) is 5. The van der Waals surface area contributed by atoms with Crippen molar-refractivity contribution < 1.29 is 10.0 Å². The second-order valence-corrected chi connectivity index (χ2v) is 8.05. The Morgan fingerprint density at radius 3 is 2.71 bits per heavy atom. The van der Waals surface area contributed by atoms with Crippen LogP contribution in [0.3, 0.4) is 0 Å². The summed E-state index contributed by atoms with van der Waals surface area (Å²) in [6.07, 6.45) is 9.56. The van der Waals surface area contributed by atoms with Crippen LogP contribution in [0.25, 0.3) is 0 Å². The van der Waals surface area contributed by atoms with E-state index in [-0.39, 0.29) is 5.91 Å². The third-order valence-electron chi connectivity index (χ3n) is 5.98. The van der Waals surface area contributed by atoms with Crippen LogP contribution in [-0.2, 0) is 5.54 Å². The SMILES string of the molecule is Cc1cc(=Nc2cc(Nc3ccncc3)ncn2)n(O)c2c1C(=O)NC21CCCCC1. The van der Waals surface area contributed by atoms with Crippen molar-refractivity contribution in [2.75, 3.05) is 5.32 Å². The average molecular weight is 417 g/mol. The third kappa shape index (κ3) is 3.41. The zero-order chi connectivity index (χ0) is 21.4. The maximum Gasteiger partial charge on any atom is 0.254 e. The summed E-state index contributed by atoms with van der Waals surface area (Å²) in [6.45, 7) is 1.87. The highest BCUT2D eigenvalue weighted by atomic mass is 16.5. The summed E-state index contributed by atoms with van der Waals surface area (Å²) in [4.78, 5) is 29.7. The van der Waals surface area contributed by atoms with Crippen LogP contribution >= 0.6 is 0 Å². The summed E-state index contributed by atoms with van der Waals surface area (Å²) < 4.78 is 1.06. The van der Waals surface area contributed by atoms with E-state index < -0.39 is 5.54 Å². The Kier molecular flexibility index (Phi) is 4.65. The molecule has 1 fully saturated rings. The molecule has 31 heavy (non-hydrogen) atoms. The Hall–Kier alpha value is -3.75. The number of anilines is 2. The Labute approximate surface area is 178 Å². The maximum atomic E-state index is 12.7. The Morgan fingerprint density at radius 1 is 1.16 bits per heavy atom. The van der Waals surface area contributed by atoms with Crippen molar-refractivity contribution in [3.8, 4) is 0 Å². The summed E-state index contributed by atoms with van der Waals surface area (Å²) in [5, 5.41) is 17.4. The Balaban J connectivity index is 1.58. The van der Waals surface area contributed by atoms with Gasteiger partial charge in [0.1, 0.15) is 12.1 Å². The Bertz CT molecular complexity index is 1210. The van der Waals surface area contributed by atoms with Crippen LogP contribution in [0.15, 0.2) is 48.0 Å². The number of aromatic nitrogens is 4. The molecule has 1 aliphatic carbocycles. The van der Waals surface area contributed by atoms with Crippen molar-refractivity contribution in [3.63, 3.8) is 0 Å². The molecule has 1 amide bonds. The molecule has 2 aliphatic rings. The number of nitrogens with one attached hydrogen (secondary N) is 2. The number of carbonyl (C=O) groups is 1. The molecule has 9 heteroatoms. The normalized spacial score (nSPS) is 17.5. The van der Waals surface area contributed by atoms with E-state index in [9.17, 15) is 10.0 Å². The van der Waals surface area contributed by atoms with E-state index in [4.69, 9.17) is 0 Å². The number of hydrogen-bond acceptors (Lipinski definition) is 7. The number of aryl methyl sites for hydroxylation is 1. The van der Waals surface area contributed by atoms with Gasteiger partial charge in [0.25, 0.3) is 5.91 Å². The van der Waals surface area contributed by atoms with Gasteiger partial charge in [-0.05, 0) is 43.5 Å². The van der Waals surface area contributed by atoms with Crippen molar-refractivity contribution in [3.05, 3.63) is 65.3 Å². The van der Waals surface area contributed by atoms with Gasteiger partial charge < -0.3 is 15.8 Å². The third-order valence-corrected chi connectivity index (χ3v) is 5.98. The van der Waals surface area contributed by atoms with Crippen LogP contribution in [0, 0.1) is 6.92 Å². The van der Waals surface area contributed by atoms with E-state index in [1.54, 1.807) is 24.5 Å². The molecule has 3 aromatic rings. The minimum absolute atomic E-state index is 0.130. The quantitative estimate of drug-likeness (QED) is 0.564. The van der Waals surface area contributed by atoms with Crippen LogP contribution in [0.2, 0.25) is 0 Å². The van der Waals surface area contributed by atoms with Crippen LogP contribution in [0.4, 0.5) is 17.3 Å². The first-order chi connectivity index (χ1) is 15.1. The van der Waals surface area contributed by atoms with Gasteiger partial charge in [-0.2, -0.15) is 4.73 Å². The molecule has 0 saturated heterocycles.